The van der Waals surface area contributed by atoms with E-state index in [1.54, 1.807) is 0 Å². The Kier molecular flexibility index (Phi) is 5.70. The normalized spacial score (nSPS) is 12.9. The van der Waals surface area contributed by atoms with E-state index in [1.165, 1.54) is 11.3 Å². The van der Waals surface area contributed by atoms with Crippen LogP contribution in [0.15, 0.2) is 30.3 Å². The highest BCUT2D eigenvalue weighted by molar-refractivity contribution is 7.16. The Morgan fingerprint density at radius 3 is 2.48 bits per heavy atom. The summed E-state index contributed by atoms with van der Waals surface area (Å²) in [5.74, 6) is -1.35. The highest BCUT2D eigenvalue weighted by Gasteiger charge is 2.12. The largest absolute Gasteiger partial charge is 0.388 e. The Balaban J connectivity index is 1.86. The topological polar surface area (TPSA) is 23.5 Å². The molecule has 21 heavy (non-hydrogen) atoms. The number of benzene rings is 1. The summed E-state index contributed by atoms with van der Waals surface area (Å²) in [5.41, 5.74) is 0.264. The maximum Gasteiger partial charge on any atom is 0.126 e. The fourth-order valence-electron chi connectivity index (χ4n) is 2.06. The van der Waals surface area contributed by atoms with E-state index in [2.05, 4.69) is 0 Å². The lowest BCUT2D eigenvalue weighted by atomic mass is 10.1. The average Bonchev–Trinajstić information content (AvgIpc) is 2.80. The van der Waals surface area contributed by atoms with Crippen LogP contribution in [0.4, 0.5) is 8.78 Å². The van der Waals surface area contributed by atoms with E-state index in [4.69, 9.17) is 11.6 Å². The molecule has 6 heteroatoms. The third-order valence-electron chi connectivity index (χ3n) is 3.11. The Morgan fingerprint density at radius 1 is 1.24 bits per heavy atom. The van der Waals surface area contributed by atoms with E-state index in [-0.39, 0.29) is 5.56 Å². The molecule has 1 atom stereocenters. The van der Waals surface area contributed by atoms with E-state index >= 15 is 0 Å². The Labute approximate surface area is 131 Å². The van der Waals surface area contributed by atoms with Crippen LogP contribution in [0.1, 0.15) is 23.0 Å². The summed E-state index contributed by atoms with van der Waals surface area (Å²) in [5, 5.41) is 10.0. The lowest BCUT2D eigenvalue weighted by Crippen LogP contribution is -2.20. The van der Waals surface area contributed by atoms with Crippen LogP contribution in [0.3, 0.4) is 0 Å². The predicted octanol–water partition coefficient (Wildman–Crippen LogP) is 4.24. The molecule has 0 fully saturated rings. The molecule has 114 valence electrons. The molecule has 2 nitrogen and oxygen atoms in total. The Bertz CT molecular complexity index is 585. The summed E-state index contributed by atoms with van der Waals surface area (Å²) in [7, 11) is 1.92. The molecule has 0 amide bonds. The standard InChI is InChI=1S/C15H16ClF2NOS/c1-19(9-13-2-3-15(16)21-13)5-4-14(20)10-6-11(17)8-12(18)7-10/h2-3,6-8,14,20H,4-5,9H2,1H3. The fraction of sp³-hybridized carbons (Fsp3) is 0.333. The number of rotatable bonds is 6. The van der Waals surface area contributed by atoms with Crippen LogP contribution < -0.4 is 0 Å². The van der Waals surface area contributed by atoms with Crippen molar-refractivity contribution >= 4 is 22.9 Å². The second kappa shape index (κ2) is 7.31. The van der Waals surface area contributed by atoms with Crippen molar-refractivity contribution in [3.05, 3.63) is 56.7 Å². The summed E-state index contributed by atoms with van der Waals surface area (Å²) in [6, 6.07) is 6.92. The second-order valence-corrected chi connectivity index (χ2v) is 6.75. The average molecular weight is 332 g/mol. The van der Waals surface area contributed by atoms with Gasteiger partial charge in [0.25, 0.3) is 0 Å². The van der Waals surface area contributed by atoms with Gasteiger partial charge in [-0.3, -0.25) is 0 Å². The zero-order valence-corrected chi connectivity index (χ0v) is 13.1. The molecule has 0 aliphatic rings. The van der Waals surface area contributed by atoms with Gasteiger partial charge in [-0.15, -0.1) is 11.3 Å². The molecule has 0 aliphatic carbocycles. The van der Waals surface area contributed by atoms with Crippen LogP contribution in [-0.4, -0.2) is 23.6 Å². The lowest BCUT2D eigenvalue weighted by Gasteiger charge is -2.18. The number of halogens is 3. The number of hydrogen-bond acceptors (Lipinski definition) is 3. The monoisotopic (exact) mass is 331 g/mol. The van der Waals surface area contributed by atoms with Gasteiger partial charge in [0.05, 0.1) is 10.4 Å². The lowest BCUT2D eigenvalue weighted by molar-refractivity contribution is 0.147. The summed E-state index contributed by atoms with van der Waals surface area (Å²) < 4.78 is 27.0. The third-order valence-corrected chi connectivity index (χ3v) is 4.32. The molecule has 0 radical (unpaired) electrons. The molecule has 1 aromatic heterocycles. The summed E-state index contributed by atoms with van der Waals surface area (Å²) in [6.07, 6.45) is -0.483. The number of nitrogens with zero attached hydrogens (tertiary/aromatic N) is 1. The predicted molar refractivity (Wildman–Crippen MR) is 81.6 cm³/mol. The summed E-state index contributed by atoms with van der Waals surface area (Å²) in [6.45, 7) is 1.33. The van der Waals surface area contributed by atoms with E-state index in [0.717, 1.165) is 34.0 Å². The quantitative estimate of drug-likeness (QED) is 0.856. The highest BCUT2D eigenvalue weighted by atomic mass is 35.5. The van der Waals surface area contributed by atoms with Crippen molar-refractivity contribution in [3.8, 4) is 0 Å². The molecule has 1 aromatic carbocycles. The van der Waals surface area contributed by atoms with Gasteiger partial charge in [0.15, 0.2) is 0 Å². The van der Waals surface area contributed by atoms with Crippen molar-refractivity contribution in [2.24, 2.45) is 0 Å². The fourth-order valence-corrected chi connectivity index (χ4v) is 3.23. The zero-order valence-electron chi connectivity index (χ0n) is 11.5. The minimum absolute atomic E-state index is 0.264. The first kappa shape index (κ1) is 16.4. The Morgan fingerprint density at radius 2 is 1.90 bits per heavy atom. The van der Waals surface area contributed by atoms with Crippen LogP contribution in [0.2, 0.25) is 4.34 Å². The van der Waals surface area contributed by atoms with Crippen molar-refractivity contribution in [2.75, 3.05) is 13.6 Å². The molecule has 2 rings (SSSR count). The number of hydrogen-bond donors (Lipinski definition) is 1. The van der Waals surface area contributed by atoms with Gasteiger partial charge >= 0.3 is 0 Å². The van der Waals surface area contributed by atoms with Gasteiger partial charge < -0.3 is 10.0 Å². The van der Waals surface area contributed by atoms with Gasteiger partial charge in [0.1, 0.15) is 11.6 Å². The van der Waals surface area contributed by atoms with Crippen LogP contribution >= 0.6 is 22.9 Å². The minimum atomic E-state index is -0.885. The molecule has 0 aliphatic heterocycles. The molecule has 1 N–H and O–H groups in total. The van der Waals surface area contributed by atoms with E-state index < -0.39 is 17.7 Å². The molecule has 1 unspecified atom stereocenters. The Hall–Kier alpha value is -1.01. The van der Waals surface area contributed by atoms with Crippen molar-refractivity contribution < 1.29 is 13.9 Å². The number of aliphatic hydroxyl groups is 1. The molecule has 0 bridgehead atoms. The van der Waals surface area contributed by atoms with Gasteiger partial charge in [-0.25, -0.2) is 8.78 Å². The van der Waals surface area contributed by atoms with Gasteiger partial charge in [0, 0.05) is 24.0 Å². The minimum Gasteiger partial charge on any atom is -0.388 e. The molecular formula is C15H16ClF2NOS. The van der Waals surface area contributed by atoms with E-state index in [9.17, 15) is 13.9 Å². The van der Waals surface area contributed by atoms with Gasteiger partial charge in [0.2, 0.25) is 0 Å². The second-order valence-electron chi connectivity index (χ2n) is 4.95. The van der Waals surface area contributed by atoms with Crippen molar-refractivity contribution in [2.45, 2.75) is 19.1 Å². The third kappa shape index (κ3) is 5.04. The van der Waals surface area contributed by atoms with Crippen LogP contribution in [0, 0.1) is 11.6 Å². The zero-order chi connectivity index (χ0) is 15.4. The van der Waals surface area contributed by atoms with Crippen molar-refractivity contribution in [1.82, 2.24) is 4.90 Å². The maximum absolute atomic E-state index is 13.1. The van der Waals surface area contributed by atoms with E-state index in [0.29, 0.717) is 13.0 Å². The molecule has 2 aromatic rings. The smallest absolute Gasteiger partial charge is 0.126 e. The van der Waals surface area contributed by atoms with Gasteiger partial charge in [-0.1, -0.05) is 11.6 Å². The summed E-state index contributed by atoms with van der Waals surface area (Å²) in [4.78, 5) is 3.16. The molecular weight excluding hydrogens is 316 g/mol. The van der Waals surface area contributed by atoms with Gasteiger partial charge in [-0.05, 0) is 43.3 Å². The van der Waals surface area contributed by atoms with Crippen molar-refractivity contribution in [1.29, 1.82) is 0 Å². The molecule has 1 heterocycles. The van der Waals surface area contributed by atoms with E-state index in [1.807, 2.05) is 24.1 Å². The highest BCUT2D eigenvalue weighted by Crippen LogP contribution is 2.23. The van der Waals surface area contributed by atoms with Crippen LogP contribution in [0.25, 0.3) is 0 Å². The first-order chi connectivity index (χ1) is 9.94. The molecule has 0 saturated carbocycles. The maximum atomic E-state index is 13.1. The summed E-state index contributed by atoms with van der Waals surface area (Å²) >= 11 is 7.38. The van der Waals surface area contributed by atoms with Crippen LogP contribution in [0.5, 0.6) is 0 Å². The number of aliphatic hydroxyl groups excluding tert-OH is 1. The number of thiophene rings is 1. The first-order valence-corrected chi connectivity index (χ1v) is 7.70. The van der Waals surface area contributed by atoms with Gasteiger partial charge in [-0.2, -0.15) is 0 Å². The van der Waals surface area contributed by atoms with Crippen LogP contribution in [-0.2, 0) is 6.54 Å². The van der Waals surface area contributed by atoms with Crippen molar-refractivity contribution in [3.63, 3.8) is 0 Å². The first-order valence-electron chi connectivity index (χ1n) is 6.51. The SMILES string of the molecule is CN(CCC(O)c1cc(F)cc(F)c1)Cc1ccc(Cl)s1. The molecule has 0 spiro atoms. The molecule has 0 saturated heterocycles.